The molecule has 2 bridgehead atoms. The van der Waals surface area contributed by atoms with E-state index in [2.05, 4.69) is 25.2 Å². The van der Waals surface area contributed by atoms with Crippen LogP contribution in [-0.2, 0) is 6.54 Å². The number of anilines is 1. The fourth-order valence-corrected chi connectivity index (χ4v) is 5.42. The molecule has 174 valence electrons. The third-order valence-corrected chi connectivity index (χ3v) is 7.29. The Hall–Kier alpha value is -2.88. The van der Waals surface area contributed by atoms with E-state index in [1.165, 1.54) is 37.5 Å². The van der Waals surface area contributed by atoms with Gasteiger partial charge in [-0.3, -0.25) is 5.32 Å². The molecule has 4 heterocycles. The number of hydrogen-bond acceptors (Lipinski definition) is 7. The maximum Gasteiger partial charge on any atom is 0.319 e. The molecule has 3 aliphatic rings. The Morgan fingerprint density at radius 3 is 2.88 bits per heavy atom. The molecule has 3 saturated heterocycles. The number of methoxy groups -OCH3 is 1. The van der Waals surface area contributed by atoms with Crippen molar-refractivity contribution >= 4 is 33.3 Å². The van der Waals surface area contributed by atoms with E-state index in [1.54, 1.807) is 7.11 Å². The van der Waals surface area contributed by atoms with Crippen LogP contribution in [0.1, 0.15) is 18.4 Å². The second-order valence-electron chi connectivity index (χ2n) is 8.60. The molecule has 2 aromatic carbocycles. The van der Waals surface area contributed by atoms with Gasteiger partial charge in [-0.25, -0.2) is 4.79 Å². The lowest BCUT2D eigenvalue weighted by atomic mass is 9.84. The molecule has 0 radical (unpaired) electrons. The summed E-state index contributed by atoms with van der Waals surface area (Å²) in [6.07, 6.45) is 2.56. The number of urea groups is 1. The van der Waals surface area contributed by atoms with Crippen molar-refractivity contribution in [3.63, 3.8) is 0 Å². The highest BCUT2D eigenvalue weighted by Gasteiger charge is 2.33. The molecule has 2 amide bonds. The van der Waals surface area contributed by atoms with Gasteiger partial charge in [-0.2, -0.15) is 4.37 Å². The molecule has 3 N–H and O–H groups in total. The fraction of sp³-hybridized carbons (Fsp3) is 0.417. The minimum Gasteiger partial charge on any atom is -0.497 e. The van der Waals surface area contributed by atoms with Crippen molar-refractivity contribution < 1.29 is 14.3 Å². The Labute approximate surface area is 197 Å². The minimum absolute atomic E-state index is 0.264. The largest absolute Gasteiger partial charge is 0.497 e. The molecule has 0 saturated carbocycles. The van der Waals surface area contributed by atoms with Gasteiger partial charge < -0.3 is 25.0 Å². The quantitative estimate of drug-likeness (QED) is 0.439. The van der Waals surface area contributed by atoms with E-state index in [1.807, 2.05) is 42.5 Å². The van der Waals surface area contributed by atoms with Gasteiger partial charge in [0.2, 0.25) is 5.88 Å². The van der Waals surface area contributed by atoms with Crippen LogP contribution in [0.5, 0.6) is 11.6 Å². The van der Waals surface area contributed by atoms with Crippen LogP contribution in [0.3, 0.4) is 0 Å². The van der Waals surface area contributed by atoms with Gasteiger partial charge in [0.25, 0.3) is 0 Å². The minimum atomic E-state index is -0.264. The molecule has 1 aromatic heterocycles. The first kappa shape index (κ1) is 21.9. The number of carbonyl (C=O) groups excluding carboxylic acids is 1. The summed E-state index contributed by atoms with van der Waals surface area (Å²) >= 11 is 1.37. The van der Waals surface area contributed by atoms with Gasteiger partial charge in [0.05, 0.1) is 17.2 Å². The number of rotatable bonds is 8. The van der Waals surface area contributed by atoms with E-state index in [4.69, 9.17) is 9.47 Å². The second-order valence-corrected chi connectivity index (χ2v) is 9.40. The zero-order chi connectivity index (χ0) is 22.6. The molecule has 33 heavy (non-hydrogen) atoms. The zero-order valence-electron chi connectivity index (χ0n) is 18.7. The topological polar surface area (TPSA) is 87.8 Å². The van der Waals surface area contributed by atoms with Crippen molar-refractivity contribution in [3.05, 3.63) is 48.0 Å². The number of ether oxygens (including phenoxy) is 2. The van der Waals surface area contributed by atoms with Crippen molar-refractivity contribution in [1.82, 2.24) is 19.9 Å². The van der Waals surface area contributed by atoms with Crippen LogP contribution in [0, 0.1) is 5.92 Å². The van der Waals surface area contributed by atoms with Gasteiger partial charge in [-0.05, 0) is 79.3 Å². The number of nitrogens with zero attached hydrogens (tertiary/aromatic N) is 2. The van der Waals surface area contributed by atoms with E-state index in [0.717, 1.165) is 33.9 Å². The summed E-state index contributed by atoms with van der Waals surface area (Å²) in [5, 5.41) is 10.3. The van der Waals surface area contributed by atoms with E-state index in [9.17, 15) is 4.79 Å². The van der Waals surface area contributed by atoms with Gasteiger partial charge >= 0.3 is 6.03 Å². The molecule has 3 aliphatic heterocycles. The van der Waals surface area contributed by atoms with Crippen LogP contribution in [0.25, 0.3) is 10.1 Å². The average Bonchev–Trinajstić information content (AvgIpc) is 3.26. The molecular weight excluding hydrogens is 438 g/mol. The van der Waals surface area contributed by atoms with Gasteiger partial charge in [0.1, 0.15) is 12.5 Å². The normalized spacial score (nSPS) is 21.7. The van der Waals surface area contributed by atoms with Crippen LogP contribution >= 0.6 is 11.5 Å². The summed E-state index contributed by atoms with van der Waals surface area (Å²) < 4.78 is 16.6. The Balaban J connectivity index is 1.13. The lowest BCUT2D eigenvalue weighted by Gasteiger charge is -2.45. The summed E-state index contributed by atoms with van der Waals surface area (Å²) in [7, 11) is 1.63. The second kappa shape index (κ2) is 9.94. The number of piperidine rings is 3. The number of aromatic nitrogens is 1. The number of benzene rings is 2. The first-order valence-corrected chi connectivity index (χ1v) is 12.1. The SMILES string of the molecule is COc1cccc(CNC(=O)Nc2ccc3c(OCN[C@@H]4CN5CCC4CC5)nsc3c2)c1. The Morgan fingerprint density at radius 1 is 1.21 bits per heavy atom. The van der Waals surface area contributed by atoms with Crippen molar-refractivity contribution in [1.29, 1.82) is 0 Å². The summed E-state index contributed by atoms with van der Waals surface area (Å²) in [5.74, 6) is 2.16. The molecule has 6 rings (SSSR count). The highest BCUT2D eigenvalue weighted by Crippen LogP contribution is 2.31. The van der Waals surface area contributed by atoms with Gasteiger partial charge in [0.15, 0.2) is 0 Å². The predicted molar refractivity (Wildman–Crippen MR) is 130 cm³/mol. The van der Waals surface area contributed by atoms with Crippen LogP contribution in [-0.4, -0.2) is 54.8 Å². The Bertz CT molecular complexity index is 1110. The lowest BCUT2D eigenvalue weighted by molar-refractivity contribution is 0.0616. The van der Waals surface area contributed by atoms with Gasteiger partial charge in [0, 0.05) is 24.8 Å². The third kappa shape index (κ3) is 5.21. The number of fused-ring (bicyclic) bond motifs is 4. The number of nitrogens with one attached hydrogen (secondary N) is 3. The van der Waals surface area contributed by atoms with E-state index < -0.39 is 0 Å². The third-order valence-electron chi connectivity index (χ3n) is 6.49. The maximum absolute atomic E-state index is 12.3. The van der Waals surface area contributed by atoms with E-state index >= 15 is 0 Å². The van der Waals surface area contributed by atoms with Gasteiger partial charge in [-0.15, -0.1) is 0 Å². The maximum atomic E-state index is 12.3. The number of hydrogen-bond donors (Lipinski definition) is 3. The fourth-order valence-electron chi connectivity index (χ4n) is 4.65. The average molecular weight is 468 g/mol. The zero-order valence-corrected chi connectivity index (χ0v) is 19.5. The first-order valence-electron chi connectivity index (χ1n) is 11.3. The van der Waals surface area contributed by atoms with Crippen LogP contribution < -0.4 is 25.4 Å². The lowest BCUT2D eigenvalue weighted by Crippen LogP contribution is -2.56. The molecule has 0 unspecified atom stereocenters. The smallest absolute Gasteiger partial charge is 0.319 e. The highest BCUT2D eigenvalue weighted by atomic mass is 32.1. The Morgan fingerprint density at radius 2 is 2.09 bits per heavy atom. The van der Waals surface area contributed by atoms with Crippen molar-refractivity contribution in [2.24, 2.45) is 5.92 Å². The molecule has 3 fully saturated rings. The monoisotopic (exact) mass is 467 g/mol. The van der Waals surface area contributed by atoms with Crippen LogP contribution in [0.2, 0.25) is 0 Å². The molecular formula is C24H29N5O3S. The molecule has 0 spiro atoms. The van der Waals surface area contributed by atoms with E-state index in [-0.39, 0.29) is 6.03 Å². The summed E-state index contributed by atoms with van der Waals surface area (Å²) in [6.45, 7) is 4.45. The molecule has 3 aromatic rings. The molecule has 1 atom stereocenters. The van der Waals surface area contributed by atoms with Crippen molar-refractivity contribution in [2.45, 2.75) is 25.4 Å². The summed E-state index contributed by atoms with van der Waals surface area (Å²) in [5.41, 5.74) is 1.68. The predicted octanol–water partition coefficient (Wildman–Crippen LogP) is 3.65. The molecule has 9 heteroatoms. The van der Waals surface area contributed by atoms with Crippen LogP contribution in [0.15, 0.2) is 42.5 Å². The summed E-state index contributed by atoms with van der Waals surface area (Å²) in [4.78, 5) is 14.9. The summed E-state index contributed by atoms with van der Waals surface area (Å²) in [6, 6.07) is 13.6. The number of amides is 2. The number of carbonyl (C=O) groups is 1. The van der Waals surface area contributed by atoms with E-state index in [0.29, 0.717) is 30.9 Å². The standard InChI is InChI=1S/C24H29N5O3S/c1-31-19-4-2-3-16(11-19)13-25-24(30)27-18-5-6-20-22(12-18)33-28-23(20)32-15-26-21-14-29-9-7-17(21)8-10-29/h2-6,11-12,17,21,26H,7-10,13-15H2,1H3,(H2,25,27,30)/t21-/m1/s1. The van der Waals surface area contributed by atoms with Crippen LogP contribution in [0.4, 0.5) is 10.5 Å². The van der Waals surface area contributed by atoms with Crippen molar-refractivity contribution in [3.8, 4) is 11.6 Å². The first-order chi connectivity index (χ1) is 16.2. The molecule has 0 aliphatic carbocycles. The highest BCUT2D eigenvalue weighted by molar-refractivity contribution is 7.13. The van der Waals surface area contributed by atoms with Crippen molar-refractivity contribution in [2.75, 3.05) is 38.8 Å². The Kier molecular flexibility index (Phi) is 6.61. The van der Waals surface area contributed by atoms with Gasteiger partial charge in [-0.1, -0.05) is 12.1 Å². The molecule has 8 nitrogen and oxygen atoms in total.